The Morgan fingerprint density at radius 2 is 1.89 bits per heavy atom. The van der Waals surface area contributed by atoms with Gasteiger partial charge >= 0.3 is 0 Å². The molecule has 0 N–H and O–H groups in total. The number of thiophene rings is 1. The number of hydrogen-bond acceptors (Lipinski definition) is 7. The molecule has 0 amide bonds. The summed E-state index contributed by atoms with van der Waals surface area (Å²) in [5.41, 5.74) is 2.41. The van der Waals surface area contributed by atoms with E-state index in [1.807, 2.05) is 37.3 Å². The molecular formula is C20H19BrN4O2S. The van der Waals surface area contributed by atoms with Gasteiger partial charge in [-0.05, 0) is 41.5 Å². The highest BCUT2D eigenvalue weighted by molar-refractivity contribution is 9.11. The van der Waals surface area contributed by atoms with Crippen LogP contribution in [0.2, 0.25) is 0 Å². The van der Waals surface area contributed by atoms with E-state index in [0.29, 0.717) is 29.8 Å². The Kier molecular flexibility index (Phi) is 5.70. The van der Waals surface area contributed by atoms with E-state index in [2.05, 4.69) is 55.2 Å². The first kappa shape index (κ1) is 19.0. The van der Waals surface area contributed by atoms with E-state index in [1.165, 1.54) is 4.88 Å². The van der Waals surface area contributed by atoms with Crippen molar-refractivity contribution in [2.75, 3.05) is 6.54 Å². The van der Waals surface area contributed by atoms with Crippen molar-refractivity contribution in [3.8, 4) is 22.7 Å². The zero-order chi connectivity index (χ0) is 19.5. The lowest BCUT2D eigenvalue weighted by Crippen LogP contribution is -2.21. The van der Waals surface area contributed by atoms with Crippen molar-refractivity contribution < 1.29 is 8.94 Å². The van der Waals surface area contributed by atoms with Gasteiger partial charge in [0.25, 0.3) is 5.89 Å². The van der Waals surface area contributed by atoms with Crippen LogP contribution in [0, 0.1) is 6.92 Å². The highest BCUT2D eigenvalue weighted by atomic mass is 79.9. The molecule has 8 heteroatoms. The number of rotatable bonds is 7. The molecule has 0 aliphatic heterocycles. The molecule has 0 spiro atoms. The van der Waals surface area contributed by atoms with Crippen molar-refractivity contribution in [3.63, 3.8) is 0 Å². The maximum absolute atomic E-state index is 5.98. The average molecular weight is 459 g/mol. The molecule has 0 atom stereocenters. The molecule has 0 radical (unpaired) electrons. The molecule has 0 aliphatic carbocycles. The van der Waals surface area contributed by atoms with Gasteiger partial charge < -0.3 is 8.94 Å². The zero-order valence-electron chi connectivity index (χ0n) is 15.6. The van der Waals surface area contributed by atoms with E-state index < -0.39 is 0 Å². The second kappa shape index (κ2) is 8.38. The number of hydrogen-bond donors (Lipinski definition) is 0. The minimum Gasteiger partial charge on any atom is -0.419 e. The summed E-state index contributed by atoms with van der Waals surface area (Å²) >= 11 is 5.25. The van der Waals surface area contributed by atoms with Crippen LogP contribution in [0.3, 0.4) is 0 Å². The van der Waals surface area contributed by atoms with Crippen LogP contribution in [-0.4, -0.2) is 26.8 Å². The summed E-state index contributed by atoms with van der Waals surface area (Å²) in [7, 11) is 0. The first-order valence-corrected chi connectivity index (χ1v) is 10.6. The van der Waals surface area contributed by atoms with Crippen molar-refractivity contribution in [1.29, 1.82) is 0 Å². The van der Waals surface area contributed by atoms with Crippen LogP contribution in [0.15, 0.2) is 55.2 Å². The monoisotopic (exact) mass is 458 g/mol. The molecule has 0 fully saturated rings. The molecule has 3 aromatic heterocycles. The highest BCUT2D eigenvalue weighted by Crippen LogP contribution is 2.33. The summed E-state index contributed by atoms with van der Waals surface area (Å²) in [4.78, 5) is 3.54. The predicted molar refractivity (Wildman–Crippen MR) is 112 cm³/mol. The fraction of sp³-hybridized carbons (Fsp3) is 0.250. The lowest BCUT2D eigenvalue weighted by atomic mass is 10.1. The lowest BCUT2D eigenvalue weighted by molar-refractivity contribution is 0.245. The molecule has 1 aromatic carbocycles. The molecule has 144 valence electrons. The molecule has 0 bridgehead atoms. The largest absolute Gasteiger partial charge is 0.419 e. The number of aryl methyl sites for hydroxylation is 1. The van der Waals surface area contributed by atoms with Crippen LogP contribution in [-0.2, 0) is 13.1 Å². The second-order valence-corrected chi connectivity index (χ2v) is 8.89. The molecule has 0 aliphatic rings. The fourth-order valence-corrected chi connectivity index (χ4v) is 4.49. The Morgan fingerprint density at radius 3 is 2.61 bits per heavy atom. The minimum absolute atomic E-state index is 0.433. The van der Waals surface area contributed by atoms with Gasteiger partial charge in [-0.15, -0.1) is 21.5 Å². The van der Waals surface area contributed by atoms with Gasteiger partial charge in [0.05, 0.1) is 10.3 Å². The molecular weight excluding hydrogens is 440 g/mol. The van der Waals surface area contributed by atoms with Gasteiger partial charge in [-0.3, -0.25) is 4.90 Å². The summed E-state index contributed by atoms with van der Waals surface area (Å²) in [6.07, 6.45) is 0. The maximum atomic E-state index is 5.98. The van der Waals surface area contributed by atoms with Gasteiger partial charge in [0.15, 0.2) is 0 Å². The van der Waals surface area contributed by atoms with E-state index in [4.69, 9.17) is 8.94 Å². The Hall–Kier alpha value is -2.29. The smallest absolute Gasteiger partial charge is 0.253 e. The van der Waals surface area contributed by atoms with Gasteiger partial charge in [0.2, 0.25) is 5.89 Å². The normalized spacial score (nSPS) is 11.4. The molecule has 6 nitrogen and oxygen atoms in total. The Balaban J connectivity index is 1.56. The minimum atomic E-state index is 0.433. The predicted octanol–water partition coefficient (Wildman–Crippen LogP) is 5.55. The molecule has 3 heterocycles. The van der Waals surface area contributed by atoms with Gasteiger partial charge in [-0.25, -0.2) is 0 Å². The summed E-state index contributed by atoms with van der Waals surface area (Å²) in [5.74, 6) is 1.67. The Morgan fingerprint density at radius 1 is 1.07 bits per heavy atom. The van der Waals surface area contributed by atoms with Crippen LogP contribution in [0.4, 0.5) is 0 Å². The first-order chi connectivity index (χ1) is 13.6. The Bertz CT molecular complexity index is 1060. The van der Waals surface area contributed by atoms with Crippen molar-refractivity contribution in [3.05, 3.63) is 62.8 Å². The van der Waals surface area contributed by atoms with E-state index in [1.54, 1.807) is 11.3 Å². The van der Waals surface area contributed by atoms with E-state index in [0.717, 1.165) is 28.0 Å². The molecule has 0 saturated carbocycles. The van der Waals surface area contributed by atoms with Crippen LogP contribution in [0.5, 0.6) is 0 Å². The van der Waals surface area contributed by atoms with Crippen molar-refractivity contribution in [2.45, 2.75) is 26.9 Å². The SMILES string of the molecule is CCN(Cc1nnc(-c2c(-c3ccccc3)noc2C)o1)Cc1ccc(Br)s1. The molecule has 0 saturated heterocycles. The summed E-state index contributed by atoms with van der Waals surface area (Å²) < 4.78 is 12.5. The van der Waals surface area contributed by atoms with Crippen LogP contribution < -0.4 is 0 Å². The van der Waals surface area contributed by atoms with Crippen molar-refractivity contribution in [2.24, 2.45) is 0 Å². The third kappa shape index (κ3) is 4.09. The van der Waals surface area contributed by atoms with Crippen molar-refractivity contribution in [1.82, 2.24) is 20.3 Å². The third-order valence-electron chi connectivity index (χ3n) is 4.41. The van der Waals surface area contributed by atoms with Gasteiger partial charge in [0.1, 0.15) is 17.0 Å². The topological polar surface area (TPSA) is 68.2 Å². The molecule has 28 heavy (non-hydrogen) atoms. The Labute approximate surface area is 175 Å². The van der Waals surface area contributed by atoms with Gasteiger partial charge in [-0.1, -0.05) is 42.4 Å². The number of halogens is 1. The molecule has 0 unspecified atom stereocenters. The van der Waals surface area contributed by atoms with E-state index in [-0.39, 0.29) is 0 Å². The first-order valence-electron chi connectivity index (χ1n) is 8.95. The molecule has 4 rings (SSSR count). The van der Waals surface area contributed by atoms with Crippen molar-refractivity contribution >= 4 is 27.3 Å². The number of aromatic nitrogens is 3. The van der Waals surface area contributed by atoms with Crippen LogP contribution >= 0.6 is 27.3 Å². The maximum Gasteiger partial charge on any atom is 0.253 e. The number of benzene rings is 1. The standard InChI is InChI=1S/C20H19BrN4O2S/c1-3-25(11-15-9-10-16(21)28-15)12-17-22-23-20(26-17)18-13(2)27-24-19(18)14-7-5-4-6-8-14/h4-10H,3,11-12H2,1-2H3. The summed E-state index contributed by atoms with van der Waals surface area (Å²) in [6.45, 7) is 6.29. The van der Waals surface area contributed by atoms with Crippen LogP contribution in [0.25, 0.3) is 22.7 Å². The van der Waals surface area contributed by atoms with Gasteiger partial charge in [-0.2, -0.15) is 0 Å². The average Bonchev–Trinajstić information content (AvgIpc) is 3.42. The van der Waals surface area contributed by atoms with E-state index in [9.17, 15) is 0 Å². The quantitative estimate of drug-likeness (QED) is 0.361. The third-order valence-corrected chi connectivity index (χ3v) is 6.01. The molecule has 4 aromatic rings. The lowest BCUT2D eigenvalue weighted by Gasteiger charge is -2.16. The fourth-order valence-electron chi connectivity index (χ4n) is 2.96. The van der Waals surface area contributed by atoms with E-state index >= 15 is 0 Å². The summed E-state index contributed by atoms with van der Waals surface area (Å²) in [6, 6.07) is 14.1. The van der Waals surface area contributed by atoms with Gasteiger partial charge in [0, 0.05) is 17.0 Å². The summed E-state index contributed by atoms with van der Waals surface area (Å²) in [5, 5.41) is 12.7. The zero-order valence-corrected chi connectivity index (χ0v) is 18.0. The highest BCUT2D eigenvalue weighted by Gasteiger charge is 2.22. The van der Waals surface area contributed by atoms with Crippen LogP contribution in [0.1, 0.15) is 23.5 Å². The number of nitrogens with zero attached hydrogens (tertiary/aromatic N) is 4. The second-order valence-electron chi connectivity index (χ2n) is 6.34.